The monoisotopic (exact) mass is 408 g/mol. The van der Waals surface area contributed by atoms with Crippen molar-refractivity contribution in [2.45, 2.75) is 58.8 Å². The molecule has 1 saturated heterocycles. The van der Waals surface area contributed by atoms with Gasteiger partial charge in [-0.15, -0.1) is 0 Å². The Labute approximate surface area is 175 Å². The fraction of sp³-hybridized carbons (Fsp3) is 0.739. The number of ether oxygens (including phenoxy) is 1. The normalized spacial score (nSPS) is 27.6. The second-order valence-corrected chi connectivity index (χ2v) is 10.2. The van der Waals surface area contributed by atoms with Gasteiger partial charge in [-0.3, -0.25) is 9.80 Å². The lowest BCUT2D eigenvalue weighted by atomic mass is 9.71. The fourth-order valence-corrected chi connectivity index (χ4v) is 5.09. The number of aliphatic hydroxyl groups excluding tert-OH is 1. The molecule has 2 aliphatic rings. The van der Waals surface area contributed by atoms with Crippen molar-refractivity contribution in [3.63, 3.8) is 0 Å². The number of aliphatic hydroxyl groups is 1. The fourth-order valence-electron chi connectivity index (χ4n) is 4.96. The average Bonchev–Trinajstić information content (AvgIpc) is 2.62. The van der Waals surface area contributed by atoms with E-state index in [1.165, 1.54) is 12.0 Å². The van der Waals surface area contributed by atoms with Gasteiger partial charge in [-0.1, -0.05) is 44.5 Å². The number of piperazine rings is 1. The van der Waals surface area contributed by atoms with Gasteiger partial charge in [0.15, 0.2) is 0 Å². The molecule has 4 nitrogen and oxygen atoms in total. The molecule has 1 aromatic rings. The topological polar surface area (TPSA) is 35.9 Å². The molecule has 1 aliphatic heterocycles. The predicted molar refractivity (Wildman–Crippen MR) is 116 cm³/mol. The Bertz CT molecular complexity index is 599. The first-order valence-electron chi connectivity index (χ1n) is 10.8. The first kappa shape index (κ1) is 22.0. The summed E-state index contributed by atoms with van der Waals surface area (Å²) in [7, 11) is 0. The highest BCUT2D eigenvalue weighted by molar-refractivity contribution is 6.30. The van der Waals surface area contributed by atoms with Gasteiger partial charge >= 0.3 is 0 Å². The molecule has 0 radical (unpaired) electrons. The number of rotatable bonds is 7. The summed E-state index contributed by atoms with van der Waals surface area (Å²) in [6.07, 6.45) is 3.40. The van der Waals surface area contributed by atoms with Crippen molar-refractivity contribution < 1.29 is 9.84 Å². The van der Waals surface area contributed by atoms with E-state index in [2.05, 4.69) is 42.7 Å². The summed E-state index contributed by atoms with van der Waals surface area (Å²) in [6.45, 7) is 13.2. The standard InChI is InChI=1S/C23H37ClN2O2/c1-18-12-22(14-23(2,3)13-18)28-17-21(27)16-26-10-8-25(9-11-26)15-19-4-6-20(24)7-5-19/h4-7,18,21-22,27H,8-17H2,1-3H3. The number of halogens is 1. The molecule has 1 heterocycles. The van der Waals surface area contributed by atoms with Gasteiger partial charge in [0.1, 0.15) is 0 Å². The Morgan fingerprint density at radius 1 is 1.11 bits per heavy atom. The maximum Gasteiger partial charge on any atom is 0.0900 e. The van der Waals surface area contributed by atoms with Crippen molar-refractivity contribution in [3.8, 4) is 0 Å². The lowest BCUT2D eigenvalue weighted by molar-refractivity contribution is -0.0634. The Hall–Kier alpha value is -0.650. The van der Waals surface area contributed by atoms with Crippen LogP contribution >= 0.6 is 11.6 Å². The molecule has 3 rings (SSSR count). The van der Waals surface area contributed by atoms with Gasteiger partial charge in [0.05, 0.1) is 18.8 Å². The molecule has 5 heteroatoms. The highest BCUT2D eigenvalue weighted by Crippen LogP contribution is 2.39. The molecular weight excluding hydrogens is 372 g/mol. The van der Waals surface area contributed by atoms with Crippen molar-refractivity contribution in [2.75, 3.05) is 39.3 Å². The minimum absolute atomic E-state index is 0.296. The van der Waals surface area contributed by atoms with E-state index in [-0.39, 0.29) is 0 Å². The molecule has 3 unspecified atom stereocenters. The summed E-state index contributed by atoms with van der Waals surface area (Å²) in [6, 6.07) is 8.11. The van der Waals surface area contributed by atoms with Gasteiger partial charge in [0, 0.05) is 44.3 Å². The molecular formula is C23H37ClN2O2. The predicted octanol–water partition coefficient (Wildman–Crippen LogP) is 4.05. The molecule has 0 aromatic heterocycles. The highest BCUT2D eigenvalue weighted by atomic mass is 35.5. The van der Waals surface area contributed by atoms with Crippen LogP contribution < -0.4 is 0 Å². The van der Waals surface area contributed by atoms with Crippen LogP contribution in [-0.4, -0.2) is 66.4 Å². The summed E-state index contributed by atoms with van der Waals surface area (Å²) in [5.41, 5.74) is 1.66. The second-order valence-electron chi connectivity index (χ2n) is 9.73. The zero-order valence-electron chi connectivity index (χ0n) is 17.7. The number of benzene rings is 1. The molecule has 0 bridgehead atoms. The van der Waals surface area contributed by atoms with E-state index in [9.17, 15) is 5.11 Å². The number of β-amino-alcohol motifs (C(OH)–C–C–N with tert-alkyl or cyclic N) is 1. The third kappa shape index (κ3) is 7.00. The van der Waals surface area contributed by atoms with Gasteiger partial charge in [-0.25, -0.2) is 0 Å². The van der Waals surface area contributed by atoms with Crippen LogP contribution in [0.2, 0.25) is 5.02 Å². The lowest BCUT2D eigenvalue weighted by Gasteiger charge is -2.39. The SMILES string of the molecule is CC1CC(OCC(O)CN2CCN(Cc3ccc(Cl)cc3)CC2)CC(C)(C)C1. The van der Waals surface area contributed by atoms with E-state index in [4.69, 9.17) is 16.3 Å². The Morgan fingerprint density at radius 3 is 2.39 bits per heavy atom. The molecule has 1 aromatic carbocycles. The summed E-state index contributed by atoms with van der Waals surface area (Å²) >= 11 is 5.96. The van der Waals surface area contributed by atoms with Crippen LogP contribution in [0.15, 0.2) is 24.3 Å². The van der Waals surface area contributed by atoms with Gasteiger partial charge in [-0.05, 0) is 48.3 Å². The smallest absolute Gasteiger partial charge is 0.0900 e. The Balaban J connectivity index is 1.34. The van der Waals surface area contributed by atoms with Gasteiger partial charge in [-0.2, -0.15) is 0 Å². The van der Waals surface area contributed by atoms with Crippen LogP contribution in [0.25, 0.3) is 0 Å². The minimum atomic E-state index is -0.400. The minimum Gasteiger partial charge on any atom is -0.389 e. The van der Waals surface area contributed by atoms with E-state index in [1.807, 2.05) is 12.1 Å². The van der Waals surface area contributed by atoms with Gasteiger partial charge in [0.25, 0.3) is 0 Å². The molecule has 1 saturated carbocycles. The average molecular weight is 409 g/mol. The second kappa shape index (κ2) is 9.90. The van der Waals surface area contributed by atoms with Crippen molar-refractivity contribution in [3.05, 3.63) is 34.9 Å². The number of hydrogen-bond donors (Lipinski definition) is 1. The molecule has 3 atom stereocenters. The van der Waals surface area contributed by atoms with Gasteiger partial charge in [0.2, 0.25) is 0 Å². The molecule has 1 N–H and O–H groups in total. The summed E-state index contributed by atoms with van der Waals surface area (Å²) < 4.78 is 6.10. The zero-order valence-corrected chi connectivity index (χ0v) is 18.5. The molecule has 28 heavy (non-hydrogen) atoms. The van der Waals surface area contributed by atoms with E-state index in [1.54, 1.807) is 0 Å². The quantitative estimate of drug-likeness (QED) is 0.738. The van der Waals surface area contributed by atoms with Crippen LogP contribution in [0.4, 0.5) is 0 Å². The third-order valence-corrected chi connectivity index (χ3v) is 6.38. The van der Waals surface area contributed by atoms with Crippen LogP contribution in [0.5, 0.6) is 0 Å². The van der Waals surface area contributed by atoms with Crippen LogP contribution in [0, 0.1) is 11.3 Å². The van der Waals surface area contributed by atoms with Crippen molar-refractivity contribution in [1.29, 1.82) is 0 Å². The van der Waals surface area contributed by atoms with E-state index >= 15 is 0 Å². The van der Waals surface area contributed by atoms with E-state index in [0.717, 1.165) is 50.6 Å². The number of hydrogen-bond acceptors (Lipinski definition) is 4. The van der Waals surface area contributed by atoms with Gasteiger partial charge < -0.3 is 9.84 Å². The summed E-state index contributed by atoms with van der Waals surface area (Å²) in [4.78, 5) is 4.83. The van der Waals surface area contributed by atoms with Crippen molar-refractivity contribution >= 4 is 11.6 Å². The Kier molecular flexibility index (Phi) is 7.80. The summed E-state index contributed by atoms with van der Waals surface area (Å²) in [5, 5.41) is 11.3. The first-order valence-corrected chi connectivity index (χ1v) is 11.2. The first-order chi connectivity index (χ1) is 13.3. The van der Waals surface area contributed by atoms with Crippen molar-refractivity contribution in [2.24, 2.45) is 11.3 Å². The maximum absolute atomic E-state index is 10.5. The van der Waals surface area contributed by atoms with Crippen LogP contribution in [0.1, 0.15) is 45.6 Å². The number of nitrogens with zero attached hydrogens (tertiary/aromatic N) is 2. The third-order valence-electron chi connectivity index (χ3n) is 6.12. The van der Waals surface area contributed by atoms with Crippen molar-refractivity contribution in [1.82, 2.24) is 9.80 Å². The maximum atomic E-state index is 10.5. The highest BCUT2D eigenvalue weighted by Gasteiger charge is 2.32. The van der Waals surface area contributed by atoms with Crippen LogP contribution in [-0.2, 0) is 11.3 Å². The molecule has 0 amide bonds. The molecule has 2 fully saturated rings. The van der Waals surface area contributed by atoms with E-state index < -0.39 is 6.10 Å². The zero-order chi connectivity index (χ0) is 20.1. The summed E-state index contributed by atoms with van der Waals surface area (Å²) in [5.74, 6) is 0.708. The molecule has 0 spiro atoms. The largest absolute Gasteiger partial charge is 0.389 e. The van der Waals surface area contributed by atoms with Crippen LogP contribution in [0.3, 0.4) is 0 Å². The molecule has 158 valence electrons. The Morgan fingerprint density at radius 2 is 1.75 bits per heavy atom. The lowest BCUT2D eigenvalue weighted by Crippen LogP contribution is -2.48. The molecule has 1 aliphatic carbocycles. The van der Waals surface area contributed by atoms with E-state index in [0.29, 0.717) is 30.6 Å².